The molecule has 0 fully saturated rings. The van der Waals surface area contributed by atoms with Crippen molar-refractivity contribution in [2.24, 2.45) is 5.73 Å². The van der Waals surface area contributed by atoms with E-state index in [9.17, 15) is 0 Å². The summed E-state index contributed by atoms with van der Waals surface area (Å²) in [6, 6.07) is 10.9. The molecule has 1 aromatic heterocycles. The molecule has 1 atom stereocenters. The van der Waals surface area contributed by atoms with Crippen molar-refractivity contribution in [2.75, 3.05) is 0 Å². The molecule has 102 valence electrons. The summed E-state index contributed by atoms with van der Waals surface area (Å²) in [5.41, 5.74) is 10.4. The van der Waals surface area contributed by atoms with Crippen LogP contribution in [0.3, 0.4) is 0 Å². The standard InChI is InChI=1S/C17H23NS/c1-11-6-7-12(2)13(10-11)16(18)14-8-9-15(19-14)17(3,4)5/h6-10,16H,18H2,1-5H3. The van der Waals surface area contributed by atoms with E-state index in [1.54, 1.807) is 0 Å². The zero-order chi connectivity index (χ0) is 14.2. The van der Waals surface area contributed by atoms with Crippen molar-refractivity contribution in [3.05, 3.63) is 56.8 Å². The van der Waals surface area contributed by atoms with Crippen LogP contribution in [-0.2, 0) is 5.41 Å². The number of rotatable bonds is 2. The van der Waals surface area contributed by atoms with Crippen LogP contribution in [0.15, 0.2) is 30.3 Å². The molecular weight excluding hydrogens is 250 g/mol. The second-order valence-electron chi connectivity index (χ2n) is 6.29. The molecule has 0 radical (unpaired) electrons. The van der Waals surface area contributed by atoms with Gasteiger partial charge in [0, 0.05) is 9.75 Å². The van der Waals surface area contributed by atoms with Gasteiger partial charge in [0.15, 0.2) is 0 Å². The smallest absolute Gasteiger partial charge is 0.0648 e. The molecule has 0 aliphatic rings. The minimum Gasteiger partial charge on any atom is -0.320 e. The highest BCUT2D eigenvalue weighted by Gasteiger charge is 2.19. The highest BCUT2D eigenvalue weighted by atomic mass is 32.1. The predicted molar refractivity (Wildman–Crippen MR) is 85.0 cm³/mol. The highest BCUT2D eigenvalue weighted by Crippen LogP contribution is 2.34. The van der Waals surface area contributed by atoms with E-state index in [1.807, 2.05) is 11.3 Å². The normalized spacial score (nSPS) is 13.6. The molecule has 0 saturated heterocycles. The summed E-state index contributed by atoms with van der Waals surface area (Å²) in [5.74, 6) is 0. The molecule has 1 unspecified atom stereocenters. The van der Waals surface area contributed by atoms with Crippen LogP contribution in [0.25, 0.3) is 0 Å². The third kappa shape index (κ3) is 3.07. The maximum Gasteiger partial charge on any atom is 0.0648 e. The molecule has 0 aliphatic carbocycles. The van der Waals surface area contributed by atoms with Gasteiger partial charge < -0.3 is 5.73 Å². The second kappa shape index (κ2) is 5.10. The Labute approximate surface area is 120 Å². The Morgan fingerprint density at radius 3 is 2.32 bits per heavy atom. The molecule has 0 spiro atoms. The van der Waals surface area contributed by atoms with E-state index in [-0.39, 0.29) is 11.5 Å². The lowest BCUT2D eigenvalue weighted by Crippen LogP contribution is -2.12. The van der Waals surface area contributed by atoms with Crippen LogP contribution < -0.4 is 5.73 Å². The molecule has 1 nitrogen and oxygen atoms in total. The maximum atomic E-state index is 6.45. The van der Waals surface area contributed by atoms with E-state index in [1.165, 1.54) is 26.4 Å². The minimum absolute atomic E-state index is 0.0130. The average molecular weight is 273 g/mol. The van der Waals surface area contributed by atoms with E-state index in [4.69, 9.17) is 5.73 Å². The van der Waals surface area contributed by atoms with Gasteiger partial charge in [0.05, 0.1) is 6.04 Å². The van der Waals surface area contributed by atoms with Crippen LogP contribution in [-0.4, -0.2) is 0 Å². The van der Waals surface area contributed by atoms with Crippen molar-refractivity contribution in [1.82, 2.24) is 0 Å². The Morgan fingerprint density at radius 1 is 1.05 bits per heavy atom. The lowest BCUT2D eigenvalue weighted by Gasteiger charge is -2.17. The van der Waals surface area contributed by atoms with Crippen molar-refractivity contribution < 1.29 is 0 Å². The summed E-state index contributed by atoms with van der Waals surface area (Å²) < 4.78 is 0. The molecule has 19 heavy (non-hydrogen) atoms. The SMILES string of the molecule is Cc1ccc(C)c(C(N)c2ccc(C(C)(C)C)s2)c1. The number of nitrogens with two attached hydrogens (primary N) is 1. The summed E-state index contributed by atoms with van der Waals surface area (Å²) in [5, 5.41) is 0. The summed E-state index contributed by atoms with van der Waals surface area (Å²) in [7, 11) is 0. The molecule has 0 saturated carbocycles. The Morgan fingerprint density at radius 2 is 1.74 bits per heavy atom. The molecule has 1 aromatic carbocycles. The van der Waals surface area contributed by atoms with Gasteiger partial charge in [-0.05, 0) is 42.5 Å². The Kier molecular flexibility index (Phi) is 3.84. The zero-order valence-electron chi connectivity index (χ0n) is 12.4. The third-order valence-electron chi connectivity index (χ3n) is 3.44. The van der Waals surface area contributed by atoms with E-state index >= 15 is 0 Å². The monoisotopic (exact) mass is 273 g/mol. The number of aryl methyl sites for hydroxylation is 2. The zero-order valence-corrected chi connectivity index (χ0v) is 13.3. The van der Waals surface area contributed by atoms with Gasteiger partial charge in [0.1, 0.15) is 0 Å². The topological polar surface area (TPSA) is 26.0 Å². The number of hydrogen-bond acceptors (Lipinski definition) is 2. The van der Waals surface area contributed by atoms with Crippen LogP contribution in [0.4, 0.5) is 0 Å². The molecule has 0 bridgehead atoms. The van der Waals surface area contributed by atoms with Crippen LogP contribution in [0.5, 0.6) is 0 Å². The lowest BCUT2D eigenvalue weighted by molar-refractivity contribution is 0.604. The Bertz CT molecular complexity index is 575. The first kappa shape index (κ1) is 14.3. The second-order valence-corrected chi connectivity index (χ2v) is 7.41. The number of thiophene rings is 1. The third-order valence-corrected chi connectivity index (χ3v) is 5.04. The molecule has 2 heteroatoms. The molecule has 2 aromatic rings. The quantitative estimate of drug-likeness (QED) is 0.842. The van der Waals surface area contributed by atoms with Gasteiger partial charge in [0.25, 0.3) is 0 Å². The molecule has 1 heterocycles. The van der Waals surface area contributed by atoms with Gasteiger partial charge in [-0.15, -0.1) is 11.3 Å². The Hall–Kier alpha value is -1.12. The fraction of sp³-hybridized carbons (Fsp3) is 0.412. The summed E-state index contributed by atoms with van der Waals surface area (Å²) in [6.45, 7) is 11.0. The first-order chi connectivity index (χ1) is 8.79. The number of benzene rings is 1. The summed E-state index contributed by atoms with van der Waals surface area (Å²) in [4.78, 5) is 2.64. The lowest BCUT2D eigenvalue weighted by atomic mass is 9.94. The summed E-state index contributed by atoms with van der Waals surface area (Å²) in [6.07, 6.45) is 0. The average Bonchev–Trinajstić information content (AvgIpc) is 2.80. The highest BCUT2D eigenvalue weighted by molar-refractivity contribution is 7.12. The van der Waals surface area contributed by atoms with Gasteiger partial charge in [-0.1, -0.05) is 44.5 Å². The van der Waals surface area contributed by atoms with E-state index in [0.717, 1.165) is 0 Å². The fourth-order valence-corrected chi connectivity index (χ4v) is 3.26. The van der Waals surface area contributed by atoms with Gasteiger partial charge >= 0.3 is 0 Å². The molecular formula is C17H23NS. The maximum absolute atomic E-state index is 6.45. The summed E-state index contributed by atoms with van der Waals surface area (Å²) >= 11 is 1.83. The molecule has 2 rings (SSSR count). The van der Waals surface area contributed by atoms with Crippen LogP contribution in [0, 0.1) is 13.8 Å². The van der Waals surface area contributed by atoms with Gasteiger partial charge in [-0.25, -0.2) is 0 Å². The Balaban J connectivity index is 2.36. The fourth-order valence-electron chi connectivity index (χ4n) is 2.17. The minimum atomic E-state index is -0.0130. The van der Waals surface area contributed by atoms with Gasteiger partial charge in [-0.2, -0.15) is 0 Å². The van der Waals surface area contributed by atoms with Gasteiger partial charge in [-0.3, -0.25) is 0 Å². The van der Waals surface area contributed by atoms with Crippen molar-refractivity contribution in [1.29, 1.82) is 0 Å². The largest absolute Gasteiger partial charge is 0.320 e. The van der Waals surface area contributed by atoms with Crippen LogP contribution >= 0.6 is 11.3 Å². The predicted octanol–water partition coefficient (Wildman–Crippen LogP) is 4.71. The van der Waals surface area contributed by atoms with Crippen LogP contribution in [0.1, 0.15) is 53.3 Å². The molecule has 0 amide bonds. The first-order valence-electron chi connectivity index (χ1n) is 6.72. The van der Waals surface area contributed by atoms with Gasteiger partial charge in [0.2, 0.25) is 0 Å². The van der Waals surface area contributed by atoms with Crippen molar-refractivity contribution in [2.45, 2.75) is 46.1 Å². The van der Waals surface area contributed by atoms with E-state index in [0.29, 0.717) is 0 Å². The first-order valence-corrected chi connectivity index (χ1v) is 7.53. The van der Waals surface area contributed by atoms with Crippen LogP contribution in [0.2, 0.25) is 0 Å². The van der Waals surface area contributed by atoms with E-state index < -0.39 is 0 Å². The molecule has 0 aliphatic heterocycles. The molecule has 2 N–H and O–H groups in total. The number of hydrogen-bond donors (Lipinski definition) is 1. The van der Waals surface area contributed by atoms with Crippen molar-refractivity contribution in [3.63, 3.8) is 0 Å². The van der Waals surface area contributed by atoms with E-state index in [2.05, 4.69) is 65.0 Å². The van der Waals surface area contributed by atoms with Crippen molar-refractivity contribution >= 4 is 11.3 Å². The van der Waals surface area contributed by atoms with Crippen molar-refractivity contribution in [3.8, 4) is 0 Å².